The van der Waals surface area contributed by atoms with Gasteiger partial charge < -0.3 is 23.4 Å². The number of aromatic nitrogens is 2. The third-order valence-corrected chi connectivity index (χ3v) is 22.9. The number of para-hydroxylation sites is 3. The molecule has 0 radical (unpaired) electrons. The molecule has 0 bridgehead atoms. The first-order chi connectivity index (χ1) is 54.4. The molecule has 15 aromatic rings. The number of benzene rings is 10. The van der Waals surface area contributed by atoms with E-state index in [0.717, 1.165) is 60.3 Å². The number of thiophene rings is 2. The van der Waals surface area contributed by atoms with Crippen molar-refractivity contribution in [2.75, 3.05) is 19.8 Å². The van der Waals surface area contributed by atoms with Crippen LogP contribution in [0.1, 0.15) is 250 Å². The van der Waals surface area contributed by atoms with Gasteiger partial charge in [0.1, 0.15) is 30.3 Å². The van der Waals surface area contributed by atoms with Crippen LogP contribution >= 0.6 is 22.7 Å². The maximum atomic E-state index is 5.63. The highest BCUT2D eigenvalue weighted by Crippen LogP contribution is 2.37. The Morgan fingerprint density at radius 3 is 1.63 bits per heavy atom. The molecule has 0 fully saturated rings. The van der Waals surface area contributed by atoms with Gasteiger partial charge in [-0.25, -0.2) is 0 Å². The Morgan fingerprint density at radius 2 is 0.938 bits per heavy atom. The molecule has 3 aliphatic heterocycles. The Hall–Kier alpha value is -9.90. The number of furan rings is 1. The Kier molecular flexibility index (Phi) is 31.6. The fourth-order valence-electron chi connectivity index (χ4n) is 13.4. The van der Waals surface area contributed by atoms with Crippen LogP contribution in [0.5, 0.6) is 17.2 Å². The van der Waals surface area contributed by atoms with Gasteiger partial charge in [0.05, 0.1) is 25.3 Å². The molecule has 18 rings (SSSR count). The van der Waals surface area contributed by atoms with Crippen LogP contribution in [-0.4, -0.2) is 29.8 Å². The number of nitrogens with zero attached hydrogens (tertiary/aromatic N) is 2. The van der Waals surface area contributed by atoms with Crippen molar-refractivity contribution in [2.45, 2.75) is 204 Å². The minimum absolute atomic E-state index is 0.470. The van der Waals surface area contributed by atoms with Gasteiger partial charge in [-0.05, 0) is 197 Å². The van der Waals surface area contributed by atoms with Gasteiger partial charge in [-0.3, -0.25) is 9.97 Å². The third-order valence-electron chi connectivity index (χ3n) is 20.5. The number of ether oxygens (including phenoxy) is 4. The monoisotopic (exact) mass is 1540 g/mol. The van der Waals surface area contributed by atoms with E-state index in [0.29, 0.717) is 66.5 Å². The Balaban J connectivity index is 0.000000135. The van der Waals surface area contributed by atoms with Crippen molar-refractivity contribution in [1.29, 1.82) is 0 Å². The van der Waals surface area contributed by atoms with Gasteiger partial charge in [0, 0.05) is 61.4 Å². The molecule has 10 aromatic carbocycles. The topological polar surface area (TPSA) is 75.8 Å². The molecule has 0 spiro atoms. The Labute approximate surface area is 682 Å². The average molecular weight is 1540 g/mol. The smallest absolute Gasteiger partial charge is 0.161 e. The molecule has 0 aliphatic carbocycles. The number of hydrogen-bond donors (Lipinski definition) is 0. The van der Waals surface area contributed by atoms with Gasteiger partial charge in [0.2, 0.25) is 0 Å². The molecule has 3 aliphatic rings. The second-order valence-corrected chi connectivity index (χ2v) is 34.4. The highest BCUT2D eigenvalue weighted by Gasteiger charge is 2.18. The summed E-state index contributed by atoms with van der Waals surface area (Å²) in [5, 5.41) is 12.7. The third kappa shape index (κ3) is 24.1. The molecule has 0 saturated carbocycles. The molecule has 0 N–H and O–H groups in total. The van der Waals surface area contributed by atoms with Crippen LogP contribution in [0, 0.1) is 6.92 Å². The Morgan fingerprint density at radius 1 is 0.345 bits per heavy atom. The van der Waals surface area contributed by atoms with Gasteiger partial charge in [-0.15, -0.1) is 22.7 Å². The lowest BCUT2D eigenvalue weighted by molar-refractivity contribution is 0.134. The van der Waals surface area contributed by atoms with Crippen molar-refractivity contribution in [2.24, 2.45) is 0 Å². The summed E-state index contributed by atoms with van der Waals surface area (Å²) >= 11 is 3.76. The molecule has 9 heteroatoms. The fourth-order valence-corrected chi connectivity index (χ4v) is 15.6. The maximum Gasteiger partial charge on any atom is 0.161 e. The summed E-state index contributed by atoms with van der Waals surface area (Å²) in [4.78, 5) is 10.1. The van der Waals surface area contributed by atoms with Crippen molar-refractivity contribution in [1.82, 2.24) is 9.97 Å². The summed E-state index contributed by atoms with van der Waals surface area (Å²) in [5.74, 6) is 9.16. The first-order valence-corrected chi connectivity index (χ1v) is 42.5. The molecule has 0 unspecified atom stereocenters. The van der Waals surface area contributed by atoms with E-state index in [1.165, 1.54) is 119 Å². The largest absolute Gasteiger partial charge is 0.493 e. The summed E-state index contributed by atoms with van der Waals surface area (Å²) in [5.41, 5.74) is 17.1. The molecule has 0 amide bonds. The van der Waals surface area contributed by atoms with Crippen molar-refractivity contribution in [3.8, 4) is 17.2 Å². The summed E-state index contributed by atoms with van der Waals surface area (Å²) in [6, 6.07) is 81.1. The first-order valence-electron chi connectivity index (χ1n) is 40.8. The zero-order valence-electron chi connectivity index (χ0n) is 70.4. The van der Waals surface area contributed by atoms with Crippen LogP contribution in [0.25, 0.3) is 63.6 Å². The van der Waals surface area contributed by atoms with Gasteiger partial charge in [-0.2, -0.15) is 0 Å². The molecule has 0 atom stereocenters. The van der Waals surface area contributed by atoms with E-state index in [-0.39, 0.29) is 0 Å². The number of fused-ring (bicyclic) bond motifs is 9. The lowest BCUT2D eigenvalue weighted by atomic mass is 9.99. The van der Waals surface area contributed by atoms with Crippen LogP contribution in [0.15, 0.2) is 259 Å². The fraction of sp³-hybridized carbons (Fsp3) is 0.327. The quantitative estimate of drug-likeness (QED) is 0.142. The molecule has 588 valence electrons. The van der Waals surface area contributed by atoms with Crippen molar-refractivity contribution in [3.63, 3.8) is 0 Å². The molecular weight excluding hydrogens is 1420 g/mol. The summed E-state index contributed by atoms with van der Waals surface area (Å²) in [6.07, 6.45) is 6.93. The van der Waals surface area contributed by atoms with E-state index in [4.69, 9.17) is 23.4 Å². The zero-order chi connectivity index (χ0) is 80.7. The van der Waals surface area contributed by atoms with E-state index in [1.807, 2.05) is 89.8 Å². The van der Waals surface area contributed by atoms with Crippen LogP contribution in [0.4, 0.5) is 0 Å². The van der Waals surface area contributed by atoms with Crippen LogP contribution in [0.3, 0.4) is 0 Å². The lowest BCUT2D eigenvalue weighted by Gasteiger charge is -2.19. The van der Waals surface area contributed by atoms with E-state index in [9.17, 15) is 0 Å². The number of pyridine rings is 2. The van der Waals surface area contributed by atoms with Gasteiger partial charge in [0.15, 0.2) is 11.5 Å². The predicted molar refractivity (Wildman–Crippen MR) is 487 cm³/mol. The lowest BCUT2D eigenvalue weighted by Crippen LogP contribution is -2.15. The van der Waals surface area contributed by atoms with Crippen LogP contribution in [0.2, 0.25) is 0 Å². The van der Waals surface area contributed by atoms with Crippen LogP contribution < -0.4 is 14.2 Å². The van der Waals surface area contributed by atoms with Crippen molar-refractivity contribution < 1.29 is 23.4 Å². The Bertz CT molecular complexity index is 5340. The molecule has 113 heavy (non-hydrogen) atoms. The minimum atomic E-state index is 0.470. The van der Waals surface area contributed by atoms with Gasteiger partial charge in [-0.1, -0.05) is 306 Å². The molecule has 5 aromatic heterocycles. The number of aryl methyl sites for hydroxylation is 1. The molecule has 7 nitrogen and oxygen atoms in total. The standard InChI is InChI=1S/C13H14.2C12H13N.C12H14S.C11H14O2.2C11H14O.C11H12O.C11H12S/c1-10(2)12-8-7-11-5-3-4-6-13(11)9-12;1-9(2)11-7-10-5-3-4-6-12(10)13-8-11;1-9(2)12-8-13-7-10-5-3-4-6-11(10)12;1-8(2)12-7-10-6-9(3)4-5-11(10)13-12;1-8(2)9-3-4-10-11(7-9)13-6-5-12-10;1-8(2)9-3-4-10-6-12-7-11(10)5-9;1-8(2)10-5-3-4-9-6-7-12-11(9)10;1-8(2)11-7-9-5-3-4-6-10(9)12-11;1-8(2)10-7-12-11-6-4-3-5-9(10)11/h3-10H,1-2H3;2*3-9H,1-2H3;4-8H,1-3H3;3-4,7-8H,5-6H2,1-2H3;2*3-5,8H,6-7H2,1-2H3;2*3-8H,1-2H3. The SMILES string of the molecule is CC(C)c1cc2ccccc2o1.CC(C)c1ccc2c(c1)COC2.CC(C)c1ccc2c(c1)OCCO2.CC(C)c1ccc2ccccc2c1.CC(C)c1cccc2c1OCC2.CC(C)c1cnc2ccccc2c1.CC(C)c1cncc2ccccc12.CC(C)c1csc2ccccc12.Cc1ccc2sc(C(C)C)cc2c1. The van der Waals surface area contributed by atoms with Crippen molar-refractivity contribution in [3.05, 3.63) is 326 Å². The predicted octanol–water partition coefficient (Wildman–Crippen LogP) is 30.8. The first kappa shape index (κ1) is 85.5. The van der Waals surface area contributed by atoms with E-state index < -0.39 is 0 Å². The molecular formula is C104H120N2O5S2. The van der Waals surface area contributed by atoms with E-state index >= 15 is 0 Å². The van der Waals surface area contributed by atoms with Gasteiger partial charge in [0.25, 0.3) is 0 Å². The zero-order valence-corrected chi connectivity index (χ0v) is 72.1. The van der Waals surface area contributed by atoms with Crippen molar-refractivity contribution >= 4 is 86.3 Å². The maximum absolute atomic E-state index is 5.63. The van der Waals surface area contributed by atoms with E-state index in [1.54, 1.807) is 0 Å². The van der Waals surface area contributed by atoms with E-state index in [2.05, 4.69) is 329 Å². The second-order valence-electron chi connectivity index (χ2n) is 32.3. The summed E-state index contributed by atoms with van der Waals surface area (Å²) in [6.45, 7) is 45.6. The van der Waals surface area contributed by atoms with Gasteiger partial charge >= 0.3 is 0 Å². The summed E-state index contributed by atoms with van der Waals surface area (Å²) in [7, 11) is 0. The highest BCUT2D eigenvalue weighted by molar-refractivity contribution is 7.19. The number of rotatable bonds is 9. The molecule has 8 heterocycles. The average Bonchev–Trinajstić information content (AvgIpc) is 1.80. The summed E-state index contributed by atoms with van der Waals surface area (Å²) < 4.78 is 30.3. The second kappa shape index (κ2) is 41.8. The highest BCUT2D eigenvalue weighted by atomic mass is 32.1. The normalized spacial score (nSPS) is 12.4. The number of hydrogen-bond acceptors (Lipinski definition) is 9. The molecule has 0 saturated heterocycles. The minimum Gasteiger partial charge on any atom is -0.493 e. The van der Waals surface area contributed by atoms with Crippen LogP contribution in [-0.2, 0) is 24.4 Å².